The van der Waals surface area contributed by atoms with Crippen LogP contribution in [0.25, 0.3) is 0 Å². The lowest BCUT2D eigenvalue weighted by Gasteiger charge is -2.32. The van der Waals surface area contributed by atoms with Gasteiger partial charge >= 0.3 is 17.2 Å². The van der Waals surface area contributed by atoms with E-state index < -0.39 is 50.5 Å². The molecule has 210 valence electrons. The molecule has 1 atom stereocenters. The fourth-order valence-corrected chi connectivity index (χ4v) is 4.28. The number of aryl methyl sites for hydroxylation is 1. The number of amides is 2. The molecule has 2 aromatic rings. The normalized spacial score (nSPS) is 14.2. The van der Waals surface area contributed by atoms with Gasteiger partial charge in [0, 0.05) is 15.6 Å². The lowest BCUT2D eigenvalue weighted by molar-refractivity contribution is -0.286. The van der Waals surface area contributed by atoms with Crippen molar-refractivity contribution in [3.8, 4) is 0 Å². The van der Waals surface area contributed by atoms with E-state index in [2.05, 4.69) is 44.7 Å². The van der Waals surface area contributed by atoms with Gasteiger partial charge in [0.2, 0.25) is 0 Å². The van der Waals surface area contributed by atoms with Crippen LogP contribution in [0.2, 0.25) is 0 Å². The van der Waals surface area contributed by atoms with Gasteiger partial charge < -0.3 is 10.6 Å². The van der Waals surface area contributed by atoms with Gasteiger partial charge in [-0.1, -0.05) is 43.9 Å². The van der Waals surface area contributed by atoms with Crippen molar-refractivity contribution in [2.45, 2.75) is 37.5 Å². The number of hydrogen-bond acceptors (Lipinski definition) is 2. The molecule has 0 bridgehead atoms. The summed E-state index contributed by atoms with van der Waals surface area (Å²) in [5, 5.41) is -0.748. The summed E-state index contributed by atoms with van der Waals surface area (Å²) in [6.07, 6.45) is -0.494. The summed E-state index contributed by atoms with van der Waals surface area (Å²) >= 11 is 7.41. The molecule has 1 unspecified atom stereocenters. The number of halogens is 9. The number of anilines is 2. The summed E-state index contributed by atoms with van der Waals surface area (Å²) in [5.74, 6) is -2.92. The molecule has 0 saturated heterocycles. The van der Waals surface area contributed by atoms with E-state index in [9.17, 15) is 35.9 Å². The van der Waals surface area contributed by atoms with Crippen molar-refractivity contribution in [3.63, 3.8) is 0 Å². The number of carbonyl (C=O) groups is 2. The van der Waals surface area contributed by atoms with E-state index in [-0.39, 0.29) is 28.9 Å². The highest BCUT2D eigenvalue weighted by molar-refractivity contribution is 9.10. The summed E-state index contributed by atoms with van der Waals surface area (Å²) < 4.78 is 97.1. The molecule has 0 saturated carbocycles. The highest BCUT2D eigenvalue weighted by atomic mass is 79.9. The quantitative estimate of drug-likeness (QED) is 0.125. The number of rotatable bonds is 9. The standard InChI is InChI=1S/C26H21BrClF7N2O2/c1-4-8-15(9-5-2)22(38)36-19-11-7-10-17(20(19)29)23(39)37-21-14(6-3)12-16(13-18(21)27)24(30,25(28,31)32)26(33,34)35/h4-5,7-13H,1,6H2,2-3H3,(H,36,38)(H,37,39)/b9-5-,15-8+. The van der Waals surface area contributed by atoms with Gasteiger partial charge in [0.25, 0.3) is 11.8 Å². The van der Waals surface area contributed by atoms with E-state index in [4.69, 9.17) is 0 Å². The average molecular weight is 642 g/mol. The summed E-state index contributed by atoms with van der Waals surface area (Å²) in [4.78, 5) is 25.4. The number of nitrogens with one attached hydrogen (secondary N) is 2. The summed E-state index contributed by atoms with van der Waals surface area (Å²) in [5.41, 5.74) is -7.92. The van der Waals surface area contributed by atoms with Crippen LogP contribution in [-0.2, 0) is 16.9 Å². The molecular weight excluding hydrogens is 621 g/mol. The van der Waals surface area contributed by atoms with Crippen molar-refractivity contribution in [2.75, 3.05) is 10.6 Å². The Morgan fingerprint density at radius 3 is 2.26 bits per heavy atom. The van der Waals surface area contributed by atoms with Gasteiger partial charge in [-0.25, -0.2) is 8.78 Å². The maximum Gasteiger partial charge on any atom is 0.434 e. The van der Waals surface area contributed by atoms with E-state index in [1.165, 1.54) is 37.3 Å². The van der Waals surface area contributed by atoms with E-state index in [0.717, 1.165) is 6.07 Å². The molecule has 2 rings (SSSR count). The van der Waals surface area contributed by atoms with Crippen molar-refractivity contribution in [3.05, 3.63) is 93.8 Å². The van der Waals surface area contributed by atoms with Crippen molar-refractivity contribution in [2.24, 2.45) is 0 Å². The molecule has 39 heavy (non-hydrogen) atoms. The molecule has 0 heterocycles. The van der Waals surface area contributed by atoms with Gasteiger partial charge in [0.15, 0.2) is 5.82 Å². The first-order valence-electron chi connectivity index (χ1n) is 11.0. The molecule has 13 heteroatoms. The predicted octanol–water partition coefficient (Wildman–Crippen LogP) is 8.59. The van der Waals surface area contributed by atoms with Gasteiger partial charge in [0.1, 0.15) is 0 Å². The lowest BCUT2D eigenvalue weighted by Crippen LogP contribution is -2.49. The van der Waals surface area contributed by atoms with Crippen LogP contribution < -0.4 is 10.6 Å². The van der Waals surface area contributed by atoms with Gasteiger partial charge in [-0.3, -0.25) is 9.59 Å². The van der Waals surface area contributed by atoms with E-state index >= 15 is 4.39 Å². The zero-order valence-corrected chi connectivity index (χ0v) is 22.7. The Hall–Kier alpha value is -3.12. The van der Waals surface area contributed by atoms with Crippen LogP contribution in [0, 0.1) is 5.82 Å². The van der Waals surface area contributed by atoms with Crippen molar-refractivity contribution in [1.82, 2.24) is 0 Å². The van der Waals surface area contributed by atoms with E-state index in [1.54, 1.807) is 13.0 Å². The van der Waals surface area contributed by atoms with Crippen LogP contribution in [0.4, 0.5) is 42.1 Å². The molecule has 4 nitrogen and oxygen atoms in total. The summed E-state index contributed by atoms with van der Waals surface area (Å²) in [6.45, 7) is 6.55. The van der Waals surface area contributed by atoms with Gasteiger partial charge in [-0.05, 0) is 70.7 Å². The summed E-state index contributed by atoms with van der Waals surface area (Å²) in [6, 6.07) is 4.43. The maximum absolute atomic E-state index is 15.2. The van der Waals surface area contributed by atoms with E-state index in [0.29, 0.717) is 12.1 Å². The highest BCUT2D eigenvalue weighted by Gasteiger charge is 2.72. The molecular formula is C26H21BrClF7N2O2. The Morgan fingerprint density at radius 2 is 1.74 bits per heavy atom. The Morgan fingerprint density at radius 1 is 1.10 bits per heavy atom. The van der Waals surface area contributed by atoms with Crippen molar-refractivity contribution >= 4 is 50.7 Å². The van der Waals surface area contributed by atoms with Crippen molar-refractivity contribution < 1.29 is 40.3 Å². The second-order valence-corrected chi connectivity index (χ2v) is 9.26. The van der Waals surface area contributed by atoms with Gasteiger partial charge in [-0.2, -0.15) is 22.0 Å². The zero-order chi connectivity index (χ0) is 29.8. The maximum atomic E-state index is 15.2. The highest BCUT2D eigenvalue weighted by Crippen LogP contribution is 2.55. The topological polar surface area (TPSA) is 58.2 Å². The number of carbonyl (C=O) groups excluding carboxylic acids is 2. The first-order chi connectivity index (χ1) is 18.0. The first kappa shape index (κ1) is 32.1. The zero-order valence-electron chi connectivity index (χ0n) is 20.3. The van der Waals surface area contributed by atoms with E-state index in [1.807, 2.05) is 0 Å². The second-order valence-electron chi connectivity index (χ2n) is 7.93. The minimum atomic E-state index is -6.09. The molecule has 0 aliphatic carbocycles. The third-order valence-corrected chi connectivity index (χ3v) is 6.25. The number of alkyl halides is 7. The van der Waals surface area contributed by atoms with Gasteiger partial charge in [-0.15, -0.1) is 0 Å². The molecule has 0 aliphatic heterocycles. The van der Waals surface area contributed by atoms with Crippen LogP contribution in [0.3, 0.4) is 0 Å². The molecule has 0 aromatic heterocycles. The minimum Gasteiger partial charge on any atom is -0.321 e. The first-order valence-corrected chi connectivity index (χ1v) is 12.2. The Labute approximate surface area is 232 Å². The fraction of sp³-hybridized carbons (Fsp3) is 0.231. The van der Waals surface area contributed by atoms with Crippen LogP contribution in [0.15, 0.2) is 71.3 Å². The largest absolute Gasteiger partial charge is 0.434 e. The van der Waals surface area contributed by atoms with Crippen LogP contribution in [-0.4, -0.2) is 23.4 Å². The summed E-state index contributed by atoms with van der Waals surface area (Å²) in [7, 11) is 0. The predicted molar refractivity (Wildman–Crippen MR) is 139 cm³/mol. The molecule has 2 aromatic carbocycles. The molecule has 0 radical (unpaired) electrons. The monoisotopic (exact) mass is 640 g/mol. The number of hydrogen-bond donors (Lipinski definition) is 2. The fourth-order valence-electron chi connectivity index (χ4n) is 3.46. The molecule has 0 spiro atoms. The lowest BCUT2D eigenvalue weighted by atomic mass is 9.92. The second kappa shape index (κ2) is 12.4. The van der Waals surface area contributed by atoms with Crippen LogP contribution in [0.1, 0.15) is 35.3 Å². The van der Waals surface area contributed by atoms with Crippen LogP contribution in [0.5, 0.6) is 0 Å². The molecule has 2 N–H and O–H groups in total. The van der Waals surface area contributed by atoms with Gasteiger partial charge in [0.05, 0.1) is 16.9 Å². The Kier molecular flexibility index (Phi) is 10.2. The third kappa shape index (κ3) is 6.73. The third-order valence-electron chi connectivity index (χ3n) is 5.37. The number of allylic oxidation sites excluding steroid dienone is 3. The van der Waals surface area contributed by atoms with Crippen molar-refractivity contribution in [1.29, 1.82) is 0 Å². The Bertz CT molecular complexity index is 1320. The molecule has 0 fully saturated rings. The smallest absolute Gasteiger partial charge is 0.321 e. The van der Waals surface area contributed by atoms with Crippen LogP contribution >= 0.6 is 27.5 Å². The number of benzene rings is 2. The SMILES string of the molecule is C=C/C=C(\C=C/C)C(=O)Nc1cccc(C(=O)Nc2c(Br)cc(C(F)(C(F)(F)F)C(F)(F)Cl)cc2CC)c1F. The minimum absolute atomic E-state index is 0.142. The Balaban J connectivity index is 2.49. The average Bonchev–Trinajstić information content (AvgIpc) is 2.84. The molecule has 2 amide bonds. The molecule has 0 aliphatic rings.